The molecule has 3 N–H and O–H groups in total. The highest BCUT2D eigenvalue weighted by Gasteiger charge is 2.15. The molecule has 0 bridgehead atoms. The van der Waals surface area contributed by atoms with E-state index in [1.54, 1.807) is 0 Å². The van der Waals surface area contributed by atoms with Crippen LogP contribution in [0.3, 0.4) is 0 Å². The maximum atomic E-state index is 11.8. The zero-order valence-corrected chi connectivity index (χ0v) is 17.8. The van der Waals surface area contributed by atoms with Gasteiger partial charge >= 0.3 is 0 Å². The first-order valence-corrected chi connectivity index (χ1v) is 10.6. The molecule has 1 aromatic heterocycles. The van der Waals surface area contributed by atoms with Crippen molar-refractivity contribution < 1.29 is 4.79 Å². The van der Waals surface area contributed by atoms with Crippen molar-refractivity contribution in [1.29, 1.82) is 0 Å². The molecule has 0 unspecified atom stereocenters. The molecule has 3 aromatic rings. The smallest absolute Gasteiger partial charge is 0.224 e. The summed E-state index contributed by atoms with van der Waals surface area (Å²) in [4.78, 5) is 22.1. The summed E-state index contributed by atoms with van der Waals surface area (Å²) < 4.78 is 0. The maximum absolute atomic E-state index is 11.8. The van der Waals surface area contributed by atoms with Gasteiger partial charge in [-0.05, 0) is 30.5 Å². The summed E-state index contributed by atoms with van der Waals surface area (Å²) in [7, 11) is 3.88. The second-order valence-corrected chi connectivity index (χ2v) is 7.88. The number of para-hydroxylation sites is 1. The van der Waals surface area contributed by atoms with Gasteiger partial charge in [-0.15, -0.1) is 0 Å². The topological polar surface area (TPSA) is 84.1 Å². The predicted octanol–water partition coefficient (Wildman–Crippen LogP) is 3.96. The zero-order valence-electron chi connectivity index (χ0n) is 17.8. The van der Waals surface area contributed by atoms with Crippen LogP contribution >= 0.6 is 0 Å². The summed E-state index contributed by atoms with van der Waals surface area (Å²) >= 11 is 0. The van der Waals surface area contributed by atoms with Gasteiger partial charge in [0.25, 0.3) is 0 Å². The Labute approximate surface area is 178 Å². The highest BCUT2D eigenvalue weighted by molar-refractivity contribution is 5.90. The van der Waals surface area contributed by atoms with Gasteiger partial charge in [-0.3, -0.25) is 4.79 Å². The summed E-state index contributed by atoms with van der Waals surface area (Å²) in [5.41, 5.74) is 7.59. The Morgan fingerprint density at radius 3 is 2.37 bits per heavy atom. The van der Waals surface area contributed by atoms with Crippen molar-refractivity contribution in [3.8, 4) is 0 Å². The van der Waals surface area contributed by atoms with Gasteiger partial charge in [0.15, 0.2) is 0 Å². The molecule has 6 nitrogen and oxygen atoms in total. The second-order valence-electron chi connectivity index (χ2n) is 7.88. The van der Waals surface area contributed by atoms with Crippen LogP contribution in [0.15, 0.2) is 54.6 Å². The first-order chi connectivity index (χ1) is 14.5. The summed E-state index contributed by atoms with van der Waals surface area (Å²) in [6.45, 7) is 0. The quantitative estimate of drug-likeness (QED) is 0.686. The van der Waals surface area contributed by atoms with Crippen molar-refractivity contribution in [1.82, 2.24) is 15.3 Å². The van der Waals surface area contributed by atoms with E-state index >= 15 is 0 Å². The standard InChI is InChI=1S/C14H19NO.C10H12N4/c16-14(11-12-7-3-1-4-8-12)15-13-9-5-2-6-10-13;1-14(2)9-7-5-3-4-6-8(7)12-10(11)13-9/h1,3-4,7-8,13H,2,5-6,9-11H2,(H,15,16);3-6H,1-2H3,(H2,11,12,13). The molecule has 0 saturated heterocycles. The van der Waals surface area contributed by atoms with Crippen molar-refractivity contribution in [3.05, 3.63) is 60.2 Å². The molecular formula is C24H31N5O. The Morgan fingerprint density at radius 1 is 1.00 bits per heavy atom. The molecule has 158 valence electrons. The highest BCUT2D eigenvalue weighted by atomic mass is 16.1. The van der Waals surface area contributed by atoms with Crippen LogP contribution in [0.25, 0.3) is 10.9 Å². The molecule has 0 atom stereocenters. The number of hydrogen-bond acceptors (Lipinski definition) is 5. The summed E-state index contributed by atoms with van der Waals surface area (Å²) in [5, 5.41) is 4.15. The van der Waals surface area contributed by atoms with E-state index in [1.165, 1.54) is 19.3 Å². The van der Waals surface area contributed by atoms with Crippen LogP contribution in [-0.2, 0) is 11.2 Å². The first-order valence-electron chi connectivity index (χ1n) is 10.6. The highest BCUT2D eigenvalue weighted by Crippen LogP contribution is 2.22. The number of benzene rings is 2. The average molecular weight is 406 g/mol. The van der Waals surface area contributed by atoms with Crippen molar-refractivity contribution >= 4 is 28.6 Å². The fourth-order valence-corrected chi connectivity index (χ4v) is 3.73. The van der Waals surface area contributed by atoms with Gasteiger partial charge in [0, 0.05) is 25.5 Å². The number of carbonyl (C=O) groups is 1. The van der Waals surface area contributed by atoms with Crippen LogP contribution in [0.2, 0.25) is 0 Å². The lowest BCUT2D eigenvalue weighted by molar-refractivity contribution is -0.121. The summed E-state index contributed by atoms with van der Waals surface area (Å²) in [6, 6.07) is 18.2. The van der Waals surface area contributed by atoms with Crippen LogP contribution in [0.4, 0.5) is 11.8 Å². The van der Waals surface area contributed by atoms with Crippen LogP contribution < -0.4 is 16.0 Å². The number of nitrogen functional groups attached to an aromatic ring is 1. The van der Waals surface area contributed by atoms with Gasteiger partial charge in [0.2, 0.25) is 11.9 Å². The summed E-state index contributed by atoms with van der Waals surface area (Å²) in [5.74, 6) is 1.33. The minimum atomic E-state index is 0.165. The molecule has 1 amide bonds. The molecule has 0 aliphatic heterocycles. The molecule has 1 aliphatic rings. The summed E-state index contributed by atoms with van der Waals surface area (Å²) in [6.07, 6.45) is 6.66. The van der Waals surface area contributed by atoms with E-state index in [0.717, 1.165) is 35.1 Å². The molecule has 1 heterocycles. The molecule has 0 radical (unpaired) electrons. The third kappa shape index (κ3) is 6.17. The monoisotopic (exact) mass is 405 g/mol. The lowest BCUT2D eigenvalue weighted by Crippen LogP contribution is -2.37. The van der Waals surface area contributed by atoms with Gasteiger partial charge in [0.1, 0.15) is 5.82 Å². The third-order valence-corrected chi connectivity index (χ3v) is 5.20. The predicted molar refractivity (Wildman–Crippen MR) is 123 cm³/mol. The number of anilines is 2. The number of nitrogens with two attached hydrogens (primary N) is 1. The fourth-order valence-electron chi connectivity index (χ4n) is 3.73. The molecule has 1 aliphatic carbocycles. The van der Waals surface area contributed by atoms with E-state index in [2.05, 4.69) is 15.3 Å². The van der Waals surface area contributed by atoms with Crippen molar-refractivity contribution in [2.75, 3.05) is 24.7 Å². The minimum Gasteiger partial charge on any atom is -0.368 e. The van der Waals surface area contributed by atoms with E-state index in [-0.39, 0.29) is 5.91 Å². The van der Waals surface area contributed by atoms with Crippen molar-refractivity contribution in [3.63, 3.8) is 0 Å². The molecule has 0 spiro atoms. The number of amides is 1. The third-order valence-electron chi connectivity index (χ3n) is 5.20. The molecule has 1 saturated carbocycles. The SMILES string of the molecule is CN(C)c1nc(N)nc2ccccc12.O=C(Cc1ccccc1)NC1CCCCC1. The average Bonchev–Trinajstić information content (AvgIpc) is 2.75. The van der Waals surface area contributed by atoms with Gasteiger partial charge in [-0.2, -0.15) is 4.98 Å². The lowest BCUT2D eigenvalue weighted by Gasteiger charge is -2.22. The molecule has 2 aromatic carbocycles. The molecule has 4 rings (SSSR count). The Balaban J connectivity index is 0.000000172. The van der Waals surface area contributed by atoms with Crippen LogP contribution in [0, 0.1) is 0 Å². The van der Waals surface area contributed by atoms with Gasteiger partial charge in [-0.1, -0.05) is 61.7 Å². The molecule has 30 heavy (non-hydrogen) atoms. The van der Waals surface area contributed by atoms with Crippen molar-refractivity contribution in [2.45, 2.75) is 44.6 Å². The Hall–Kier alpha value is -3.15. The van der Waals surface area contributed by atoms with E-state index in [0.29, 0.717) is 18.4 Å². The van der Waals surface area contributed by atoms with E-state index in [9.17, 15) is 4.79 Å². The van der Waals surface area contributed by atoms with Crippen molar-refractivity contribution in [2.24, 2.45) is 0 Å². The largest absolute Gasteiger partial charge is 0.368 e. The van der Waals surface area contributed by atoms with E-state index < -0.39 is 0 Å². The number of rotatable bonds is 4. The molecule has 1 fully saturated rings. The Kier molecular flexibility index (Phi) is 7.60. The number of aromatic nitrogens is 2. The second kappa shape index (κ2) is 10.6. The number of fused-ring (bicyclic) bond motifs is 1. The molecule has 6 heteroatoms. The van der Waals surface area contributed by atoms with E-state index in [4.69, 9.17) is 5.73 Å². The van der Waals surface area contributed by atoms with Gasteiger partial charge in [0.05, 0.1) is 11.9 Å². The number of nitrogens with one attached hydrogen (secondary N) is 1. The fraction of sp³-hybridized carbons (Fsp3) is 0.375. The number of hydrogen-bond donors (Lipinski definition) is 2. The molecular weight excluding hydrogens is 374 g/mol. The van der Waals surface area contributed by atoms with Crippen LogP contribution in [0.5, 0.6) is 0 Å². The van der Waals surface area contributed by atoms with Crippen LogP contribution in [-0.4, -0.2) is 36.0 Å². The number of nitrogens with zero attached hydrogens (tertiary/aromatic N) is 3. The zero-order chi connectivity index (χ0) is 21.3. The van der Waals surface area contributed by atoms with Gasteiger partial charge in [-0.25, -0.2) is 4.98 Å². The minimum absolute atomic E-state index is 0.165. The lowest BCUT2D eigenvalue weighted by atomic mass is 9.95. The number of carbonyl (C=O) groups excluding carboxylic acids is 1. The van der Waals surface area contributed by atoms with Gasteiger partial charge < -0.3 is 16.0 Å². The Bertz CT molecular complexity index is 952. The van der Waals surface area contributed by atoms with Crippen LogP contribution in [0.1, 0.15) is 37.7 Å². The maximum Gasteiger partial charge on any atom is 0.224 e. The Morgan fingerprint density at radius 2 is 1.67 bits per heavy atom. The first kappa shape index (κ1) is 21.6. The normalized spacial score (nSPS) is 13.9. The van der Waals surface area contributed by atoms with E-state index in [1.807, 2.05) is 73.6 Å².